The number of anilines is 1. The highest BCUT2D eigenvalue weighted by Crippen LogP contribution is 2.15. The van der Waals surface area contributed by atoms with Crippen LogP contribution in [0, 0.1) is 0 Å². The Balaban J connectivity index is 2.13. The minimum atomic E-state index is -0.902. The third-order valence-corrected chi connectivity index (χ3v) is 4.40. The van der Waals surface area contributed by atoms with Gasteiger partial charge >= 0.3 is 6.03 Å². The van der Waals surface area contributed by atoms with Gasteiger partial charge in [0.15, 0.2) is 11.4 Å². The molecule has 0 aromatic heterocycles. The van der Waals surface area contributed by atoms with Gasteiger partial charge in [0.2, 0.25) is 0 Å². The van der Waals surface area contributed by atoms with Crippen LogP contribution in [0.25, 0.3) is 0 Å². The third kappa shape index (κ3) is 7.81. The third-order valence-electron chi connectivity index (χ3n) is 3.90. The molecule has 2 aromatic carbocycles. The number of nitrogens with one attached hydrogen (secondary N) is 2. The van der Waals surface area contributed by atoms with E-state index in [1.807, 2.05) is 12.1 Å². The summed E-state index contributed by atoms with van der Waals surface area (Å²) in [6.45, 7) is 3.09. The average Bonchev–Trinajstić information content (AvgIpc) is 2.69. The molecule has 0 bridgehead atoms. The predicted octanol–water partition coefficient (Wildman–Crippen LogP) is 3.79. The lowest BCUT2D eigenvalue weighted by atomic mass is 10.1. The van der Waals surface area contributed by atoms with E-state index in [0.29, 0.717) is 22.2 Å². The SMILES string of the molecule is CC(C)(CO)O/N=C(\N)C(Cc1ccc(Cl)cc1)NC(=O)Nc1ccc(Cl)cc1. The summed E-state index contributed by atoms with van der Waals surface area (Å²) in [5, 5.41) is 19.9. The smallest absolute Gasteiger partial charge is 0.319 e. The van der Waals surface area contributed by atoms with Crippen molar-refractivity contribution in [3.63, 3.8) is 0 Å². The highest BCUT2D eigenvalue weighted by molar-refractivity contribution is 6.30. The first kappa shape index (κ1) is 22.8. The van der Waals surface area contributed by atoms with Crippen molar-refractivity contribution in [3.05, 3.63) is 64.1 Å². The van der Waals surface area contributed by atoms with Crippen molar-refractivity contribution >= 4 is 40.8 Å². The zero-order chi connectivity index (χ0) is 21.4. The maximum atomic E-state index is 12.4. The Kier molecular flexibility index (Phi) is 8.13. The summed E-state index contributed by atoms with van der Waals surface area (Å²) in [4.78, 5) is 17.7. The predicted molar refractivity (Wildman–Crippen MR) is 116 cm³/mol. The van der Waals surface area contributed by atoms with Gasteiger partial charge in [0, 0.05) is 22.2 Å². The van der Waals surface area contributed by atoms with Gasteiger partial charge in [0.05, 0.1) is 12.6 Å². The Hall–Kier alpha value is -2.48. The van der Waals surface area contributed by atoms with E-state index in [0.717, 1.165) is 5.56 Å². The maximum absolute atomic E-state index is 12.4. The van der Waals surface area contributed by atoms with Crippen LogP contribution >= 0.6 is 23.2 Å². The van der Waals surface area contributed by atoms with Crippen molar-refractivity contribution < 1.29 is 14.7 Å². The van der Waals surface area contributed by atoms with Crippen LogP contribution in [0.4, 0.5) is 10.5 Å². The van der Waals surface area contributed by atoms with Gasteiger partial charge in [0.25, 0.3) is 0 Å². The number of hydrogen-bond acceptors (Lipinski definition) is 4. The lowest BCUT2D eigenvalue weighted by Crippen LogP contribution is -2.48. The number of hydrogen-bond donors (Lipinski definition) is 4. The van der Waals surface area contributed by atoms with Crippen LogP contribution in [-0.4, -0.2) is 35.2 Å². The van der Waals surface area contributed by atoms with Gasteiger partial charge in [-0.1, -0.05) is 40.5 Å². The van der Waals surface area contributed by atoms with E-state index < -0.39 is 17.7 Å². The van der Waals surface area contributed by atoms with Gasteiger partial charge in [0.1, 0.15) is 0 Å². The second-order valence-corrected chi connectivity index (χ2v) is 7.89. The van der Waals surface area contributed by atoms with Crippen molar-refractivity contribution in [2.75, 3.05) is 11.9 Å². The number of benzene rings is 2. The fourth-order valence-electron chi connectivity index (χ4n) is 2.21. The van der Waals surface area contributed by atoms with E-state index in [9.17, 15) is 9.90 Å². The van der Waals surface area contributed by atoms with E-state index in [-0.39, 0.29) is 12.4 Å². The number of aliphatic hydroxyl groups is 1. The van der Waals surface area contributed by atoms with Gasteiger partial charge in [-0.15, -0.1) is 0 Å². The molecular formula is C20H24Cl2N4O3. The number of amidine groups is 1. The standard InChI is InChI=1S/C20H24Cl2N4O3/c1-20(2,12-27)29-26-18(23)17(11-13-3-5-14(21)6-4-13)25-19(28)24-16-9-7-15(22)8-10-16/h3-10,17,27H,11-12H2,1-2H3,(H2,23,26)(H2,24,25,28). The maximum Gasteiger partial charge on any atom is 0.319 e. The lowest BCUT2D eigenvalue weighted by molar-refractivity contribution is -0.0520. The molecular weight excluding hydrogens is 415 g/mol. The summed E-state index contributed by atoms with van der Waals surface area (Å²) in [7, 11) is 0. The normalized spacial score (nSPS) is 12.9. The van der Waals surface area contributed by atoms with Gasteiger partial charge < -0.3 is 26.3 Å². The van der Waals surface area contributed by atoms with Crippen molar-refractivity contribution in [1.82, 2.24) is 5.32 Å². The Labute approximate surface area is 179 Å². The first-order chi connectivity index (χ1) is 13.7. The fraction of sp³-hybridized carbons (Fsp3) is 0.300. The van der Waals surface area contributed by atoms with Gasteiger partial charge in [-0.3, -0.25) is 0 Å². The highest BCUT2D eigenvalue weighted by Gasteiger charge is 2.22. The Bertz CT molecular complexity index is 840. The molecule has 0 fully saturated rings. The van der Waals surface area contributed by atoms with E-state index in [2.05, 4.69) is 15.8 Å². The van der Waals surface area contributed by atoms with Gasteiger partial charge in [-0.2, -0.15) is 0 Å². The number of urea groups is 1. The van der Waals surface area contributed by atoms with E-state index in [1.54, 1.807) is 50.2 Å². The summed E-state index contributed by atoms with van der Waals surface area (Å²) in [5.41, 5.74) is 6.64. The molecule has 0 spiro atoms. The van der Waals surface area contributed by atoms with E-state index in [4.69, 9.17) is 33.8 Å². The van der Waals surface area contributed by atoms with E-state index >= 15 is 0 Å². The molecule has 0 aliphatic rings. The lowest BCUT2D eigenvalue weighted by Gasteiger charge is -2.22. The number of carbonyl (C=O) groups excluding carboxylic acids is 1. The average molecular weight is 439 g/mol. The number of nitrogens with two attached hydrogens (primary N) is 1. The second-order valence-electron chi connectivity index (χ2n) is 7.01. The van der Waals surface area contributed by atoms with E-state index in [1.165, 1.54) is 0 Å². The molecule has 0 saturated carbocycles. The van der Waals surface area contributed by atoms with Crippen molar-refractivity contribution in [1.29, 1.82) is 0 Å². The van der Waals surface area contributed by atoms with Gasteiger partial charge in [-0.25, -0.2) is 4.79 Å². The molecule has 0 saturated heterocycles. The zero-order valence-electron chi connectivity index (χ0n) is 16.2. The van der Waals surface area contributed by atoms with Crippen LogP contribution in [0.15, 0.2) is 53.7 Å². The van der Waals surface area contributed by atoms with Crippen molar-refractivity contribution in [2.24, 2.45) is 10.9 Å². The summed E-state index contributed by atoms with van der Waals surface area (Å²) >= 11 is 11.8. The first-order valence-electron chi connectivity index (χ1n) is 8.88. The largest absolute Gasteiger partial charge is 0.392 e. The molecule has 7 nitrogen and oxygen atoms in total. The number of aliphatic hydroxyl groups excluding tert-OH is 1. The summed E-state index contributed by atoms with van der Waals surface area (Å²) in [5.74, 6) is 0.0627. The molecule has 2 aromatic rings. The molecule has 156 valence electrons. The zero-order valence-corrected chi connectivity index (χ0v) is 17.7. The Morgan fingerprint density at radius 1 is 1.14 bits per heavy atom. The molecule has 2 amide bonds. The van der Waals surface area contributed by atoms with Crippen LogP contribution < -0.4 is 16.4 Å². The highest BCUT2D eigenvalue weighted by atomic mass is 35.5. The van der Waals surface area contributed by atoms with Crippen LogP contribution in [0.5, 0.6) is 0 Å². The molecule has 9 heteroatoms. The molecule has 0 aliphatic carbocycles. The quantitative estimate of drug-likeness (QED) is 0.285. The van der Waals surface area contributed by atoms with Crippen molar-refractivity contribution in [2.45, 2.75) is 31.9 Å². The Morgan fingerprint density at radius 2 is 1.69 bits per heavy atom. The number of amides is 2. The van der Waals surface area contributed by atoms with Crippen LogP contribution in [0.3, 0.4) is 0 Å². The Morgan fingerprint density at radius 3 is 2.24 bits per heavy atom. The van der Waals surface area contributed by atoms with Crippen LogP contribution in [0.2, 0.25) is 10.0 Å². The number of oxime groups is 1. The van der Waals surface area contributed by atoms with Crippen molar-refractivity contribution in [3.8, 4) is 0 Å². The fourth-order valence-corrected chi connectivity index (χ4v) is 2.47. The number of nitrogens with zero attached hydrogens (tertiary/aromatic N) is 1. The number of halogens is 2. The summed E-state index contributed by atoms with van der Waals surface area (Å²) in [6.07, 6.45) is 0.365. The topological polar surface area (TPSA) is 109 Å². The monoisotopic (exact) mass is 438 g/mol. The molecule has 0 aliphatic heterocycles. The number of rotatable bonds is 8. The molecule has 0 heterocycles. The molecule has 1 unspecified atom stereocenters. The van der Waals surface area contributed by atoms with Gasteiger partial charge in [-0.05, 0) is 55.8 Å². The summed E-state index contributed by atoms with van der Waals surface area (Å²) < 4.78 is 0. The minimum Gasteiger partial charge on any atom is -0.392 e. The molecule has 0 radical (unpaired) electrons. The molecule has 5 N–H and O–H groups in total. The molecule has 2 rings (SSSR count). The molecule has 29 heavy (non-hydrogen) atoms. The first-order valence-corrected chi connectivity index (χ1v) is 9.64. The minimum absolute atomic E-state index is 0.0627. The summed E-state index contributed by atoms with van der Waals surface area (Å²) in [6, 6.07) is 12.7. The number of carbonyl (C=O) groups is 1. The second kappa shape index (κ2) is 10.3. The molecule has 1 atom stereocenters. The van der Waals surface area contributed by atoms with Crippen LogP contribution in [-0.2, 0) is 11.3 Å². The van der Waals surface area contributed by atoms with Crippen LogP contribution in [0.1, 0.15) is 19.4 Å².